The minimum atomic E-state index is -0.484. The van der Waals surface area contributed by atoms with Crippen molar-refractivity contribution in [2.45, 2.75) is 12.1 Å². The second-order valence-electron chi connectivity index (χ2n) is 6.53. The highest BCUT2D eigenvalue weighted by atomic mass is 35.5. The van der Waals surface area contributed by atoms with Gasteiger partial charge in [-0.25, -0.2) is 15.0 Å². The number of morpholine rings is 1. The molecule has 2 aromatic heterocycles. The van der Waals surface area contributed by atoms with E-state index in [2.05, 4.69) is 26.8 Å². The molecule has 2 aromatic rings. The summed E-state index contributed by atoms with van der Waals surface area (Å²) in [6.45, 7) is 4.63. The number of amides is 2. The summed E-state index contributed by atoms with van der Waals surface area (Å²) in [6.07, 6.45) is 2.08. The average Bonchev–Trinajstić information content (AvgIpc) is 2.78. The molecule has 0 spiro atoms. The van der Waals surface area contributed by atoms with E-state index < -0.39 is 6.10 Å². The van der Waals surface area contributed by atoms with E-state index in [9.17, 15) is 9.59 Å². The SMILES string of the molecule is C=CC(=O)N1CCOC(c2cc(Cl)nc(-c3cc(C(=O)NC)ncn3)c2)C1COC. The third kappa shape index (κ3) is 4.64. The fourth-order valence-corrected chi connectivity index (χ4v) is 3.55. The van der Waals surface area contributed by atoms with Gasteiger partial charge in [0.2, 0.25) is 5.91 Å². The molecule has 2 amide bonds. The number of ether oxygens (including phenoxy) is 2. The lowest BCUT2D eigenvalue weighted by molar-refractivity contribution is -0.145. The van der Waals surface area contributed by atoms with Gasteiger partial charge in [-0.05, 0) is 29.8 Å². The Bertz CT molecular complexity index is 955. The van der Waals surface area contributed by atoms with Gasteiger partial charge >= 0.3 is 0 Å². The van der Waals surface area contributed by atoms with Gasteiger partial charge < -0.3 is 19.7 Å². The van der Waals surface area contributed by atoms with Crippen LogP contribution in [0.1, 0.15) is 22.2 Å². The quantitative estimate of drug-likeness (QED) is 0.547. The summed E-state index contributed by atoms with van der Waals surface area (Å²) >= 11 is 6.28. The van der Waals surface area contributed by atoms with Gasteiger partial charge in [-0.3, -0.25) is 9.59 Å². The fraction of sp³-hybridized carbons (Fsp3) is 0.350. The van der Waals surface area contributed by atoms with Gasteiger partial charge in [0.05, 0.1) is 30.6 Å². The first-order valence-electron chi connectivity index (χ1n) is 9.24. The van der Waals surface area contributed by atoms with Crippen molar-refractivity contribution in [1.29, 1.82) is 0 Å². The molecule has 0 aliphatic carbocycles. The maximum atomic E-state index is 12.3. The van der Waals surface area contributed by atoms with Gasteiger partial charge in [-0.2, -0.15) is 0 Å². The van der Waals surface area contributed by atoms with Crippen LogP contribution in [0.3, 0.4) is 0 Å². The van der Waals surface area contributed by atoms with Gasteiger partial charge in [0.1, 0.15) is 23.3 Å². The predicted molar refractivity (Wildman–Crippen MR) is 110 cm³/mol. The predicted octanol–water partition coefficient (Wildman–Crippen LogP) is 1.65. The van der Waals surface area contributed by atoms with Crippen LogP contribution in [0.15, 0.2) is 37.2 Å². The lowest BCUT2D eigenvalue weighted by Crippen LogP contribution is -2.51. The number of aromatic nitrogens is 3. The van der Waals surface area contributed by atoms with Crippen molar-refractivity contribution < 1.29 is 19.1 Å². The Morgan fingerprint density at radius 3 is 2.87 bits per heavy atom. The first kappa shape index (κ1) is 21.8. The molecule has 9 nitrogen and oxygen atoms in total. The molecule has 1 fully saturated rings. The summed E-state index contributed by atoms with van der Waals surface area (Å²) in [5, 5.41) is 2.75. The summed E-state index contributed by atoms with van der Waals surface area (Å²) in [7, 11) is 3.08. The van der Waals surface area contributed by atoms with Crippen LogP contribution in [0, 0.1) is 0 Å². The van der Waals surface area contributed by atoms with Crippen molar-refractivity contribution in [3.63, 3.8) is 0 Å². The van der Waals surface area contributed by atoms with Gasteiger partial charge in [-0.15, -0.1) is 0 Å². The zero-order valence-corrected chi connectivity index (χ0v) is 17.4. The van der Waals surface area contributed by atoms with Crippen molar-refractivity contribution in [3.8, 4) is 11.4 Å². The Morgan fingerprint density at radius 2 is 2.17 bits per heavy atom. The number of rotatable bonds is 6. The molecule has 1 aliphatic heterocycles. The molecule has 0 radical (unpaired) electrons. The third-order valence-electron chi connectivity index (χ3n) is 4.71. The highest BCUT2D eigenvalue weighted by Crippen LogP contribution is 2.32. The Labute approximate surface area is 179 Å². The lowest BCUT2D eigenvalue weighted by atomic mass is 9.99. The van der Waals surface area contributed by atoms with Gasteiger partial charge in [0, 0.05) is 20.7 Å². The number of nitrogens with zero attached hydrogens (tertiary/aromatic N) is 4. The summed E-state index contributed by atoms with van der Waals surface area (Å²) < 4.78 is 11.3. The van der Waals surface area contributed by atoms with Crippen LogP contribution in [0.4, 0.5) is 0 Å². The van der Waals surface area contributed by atoms with Gasteiger partial charge in [0.15, 0.2) is 0 Å². The first-order valence-corrected chi connectivity index (χ1v) is 9.61. The lowest BCUT2D eigenvalue weighted by Gasteiger charge is -2.40. The van der Waals surface area contributed by atoms with E-state index in [0.717, 1.165) is 0 Å². The molecule has 0 aromatic carbocycles. The minimum absolute atomic E-state index is 0.197. The van der Waals surface area contributed by atoms with E-state index in [4.69, 9.17) is 21.1 Å². The van der Waals surface area contributed by atoms with E-state index >= 15 is 0 Å². The summed E-state index contributed by atoms with van der Waals surface area (Å²) in [5.41, 5.74) is 1.82. The molecular weight excluding hydrogens is 410 g/mol. The summed E-state index contributed by atoms with van der Waals surface area (Å²) in [5.74, 6) is -0.535. The molecule has 158 valence electrons. The largest absolute Gasteiger partial charge is 0.382 e. The molecule has 1 aliphatic rings. The second-order valence-corrected chi connectivity index (χ2v) is 6.91. The topological polar surface area (TPSA) is 107 Å². The number of methoxy groups -OCH3 is 1. The molecule has 2 unspecified atom stereocenters. The fourth-order valence-electron chi connectivity index (χ4n) is 3.34. The van der Waals surface area contributed by atoms with Crippen molar-refractivity contribution in [2.75, 3.05) is 33.9 Å². The van der Waals surface area contributed by atoms with Crippen LogP contribution in [-0.2, 0) is 14.3 Å². The van der Waals surface area contributed by atoms with Crippen LogP contribution in [0.2, 0.25) is 5.15 Å². The van der Waals surface area contributed by atoms with Crippen molar-refractivity contribution >= 4 is 23.4 Å². The Hall–Kier alpha value is -2.88. The molecule has 30 heavy (non-hydrogen) atoms. The summed E-state index contributed by atoms with van der Waals surface area (Å²) in [6, 6.07) is 4.62. The number of carbonyl (C=O) groups excluding carboxylic acids is 2. The van der Waals surface area contributed by atoms with Crippen molar-refractivity contribution in [3.05, 3.63) is 53.6 Å². The molecule has 2 atom stereocenters. The van der Waals surface area contributed by atoms with Crippen LogP contribution in [-0.4, -0.2) is 71.6 Å². The maximum Gasteiger partial charge on any atom is 0.269 e. The van der Waals surface area contributed by atoms with Crippen LogP contribution >= 0.6 is 11.6 Å². The number of hydrogen-bond acceptors (Lipinski definition) is 7. The molecule has 0 saturated carbocycles. The van der Waals surface area contributed by atoms with Crippen molar-refractivity contribution in [1.82, 2.24) is 25.2 Å². The van der Waals surface area contributed by atoms with E-state index in [-0.39, 0.29) is 35.3 Å². The van der Waals surface area contributed by atoms with Gasteiger partial charge in [0.25, 0.3) is 5.91 Å². The van der Waals surface area contributed by atoms with Crippen LogP contribution in [0.25, 0.3) is 11.4 Å². The molecule has 0 bridgehead atoms. The van der Waals surface area contributed by atoms with E-state index in [1.807, 2.05) is 0 Å². The number of carbonyl (C=O) groups is 2. The van der Waals surface area contributed by atoms with Crippen LogP contribution < -0.4 is 5.32 Å². The Morgan fingerprint density at radius 1 is 1.37 bits per heavy atom. The number of nitrogens with one attached hydrogen (secondary N) is 1. The van der Waals surface area contributed by atoms with Crippen LogP contribution in [0.5, 0.6) is 0 Å². The molecule has 3 heterocycles. The van der Waals surface area contributed by atoms with E-state index in [0.29, 0.717) is 30.1 Å². The minimum Gasteiger partial charge on any atom is -0.382 e. The monoisotopic (exact) mass is 431 g/mol. The molecular formula is C20H22ClN5O4. The Balaban J connectivity index is 2.00. The maximum absolute atomic E-state index is 12.3. The Kier molecular flexibility index (Phi) is 7.09. The molecule has 3 rings (SSSR count). The summed E-state index contributed by atoms with van der Waals surface area (Å²) in [4.78, 5) is 38.4. The average molecular weight is 432 g/mol. The highest BCUT2D eigenvalue weighted by molar-refractivity contribution is 6.29. The highest BCUT2D eigenvalue weighted by Gasteiger charge is 2.36. The molecule has 10 heteroatoms. The normalized spacial score (nSPS) is 18.7. The second kappa shape index (κ2) is 9.75. The smallest absolute Gasteiger partial charge is 0.269 e. The zero-order valence-electron chi connectivity index (χ0n) is 16.7. The number of halogens is 1. The third-order valence-corrected chi connectivity index (χ3v) is 4.90. The standard InChI is InChI=1S/C20H22ClN5O4/c1-4-18(27)26-5-6-30-19(16(26)10-29-3)12-7-14(25-17(21)8-12)13-9-15(20(28)22-2)24-11-23-13/h4,7-9,11,16,19H,1,5-6,10H2,2-3H3,(H,22,28). The zero-order chi connectivity index (χ0) is 21.7. The first-order chi connectivity index (χ1) is 14.5. The van der Waals surface area contributed by atoms with Crippen molar-refractivity contribution in [2.24, 2.45) is 0 Å². The van der Waals surface area contributed by atoms with E-state index in [1.54, 1.807) is 24.1 Å². The van der Waals surface area contributed by atoms with E-state index in [1.165, 1.54) is 25.5 Å². The van der Waals surface area contributed by atoms with Gasteiger partial charge in [-0.1, -0.05) is 18.2 Å². The number of hydrogen-bond donors (Lipinski definition) is 1. The number of pyridine rings is 1. The molecule has 1 saturated heterocycles. The molecule has 1 N–H and O–H groups in total.